The molecule has 0 spiro atoms. The lowest BCUT2D eigenvalue weighted by atomic mass is 10.2. The molecule has 1 aromatic heterocycles. The molecule has 1 amide bonds. The Balaban J connectivity index is 2.86. The molecule has 0 radical (unpaired) electrons. The van der Waals surface area contributed by atoms with Gasteiger partial charge in [-0.3, -0.25) is 9.89 Å². The number of thioether (sulfide) groups is 1. The van der Waals surface area contributed by atoms with Gasteiger partial charge < -0.3 is 10.6 Å². The Labute approximate surface area is 99.8 Å². The molecule has 0 bridgehead atoms. The summed E-state index contributed by atoms with van der Waals surface area (Å²) in [4.78, 5) is 13.8. The Morgan fingerprint density at radius 3 is 2.75 bits per heavy atom. The Hall–Kier alpha value is -1.17. The summed E-state index contributed by atoms with van der Waals surface area (Å²) in [5.41, 5.74) is 6.85. The number of aryl methyl sites for hydroxylation is 1. The molecule has 0 aliphatic rings. The van der Waals surface area contributed by atoms with Crippen molar-refractivity contribution in [1.82, 2.24) is 15.1 Å². The summed E-state index contributed by atoms with van der Waals surface area (Å²) < 4.78 is 0. The second-order valence-corrected chi connectivity index (χ2v) is 4.74. The first-order chi connectivity index (χ1) is 7.49. The van der Waals surface area contributed by atoms with Gasteiger partial charge in [0.15, 0.2) is 5.82 Å². The Morgan fingerprint density at radius 2 is 2.31 bits per heavy atom. The fourth-order valence-electron chi connectivity index (χ4n) is 1.45. The van der Waals surface area contributed by atoms with E-state index in [9.17, 15) is 4.79 Å². The van der Waals surface area contributed by atoms with Gasteiger partial charge in [0.2, 0.25) is 0 Å². The summed E-state index contributed by atoms with van der Waals surface area (Å²) in [6.07, 6.45) is 2.02. The summed E-state index contributed by atoms with van der Waals surface area (Å²) in [6, 6.07) is 0.177. The van der Waals surface area contributed by atoms with Crippen molar-refractivity contribution < 1.29 is 4.79 Å². The average molecular weight is 242 g/mol. The number of carbonyl (C=O) groups is 1. The van der Waals surface area contributed by atoms with Gasteiger partial charge in [-0.25, -0.2) is 0 Å². The molecular weight excluding hydrogens is 224 g/mol. The van der Waals surface area contributed by atoms with Crippen LogP contribution in [0.1, 0.15) is 23.0 Å². The van der Waals surface area contributed by atoms with E-state index >= 15 is 0 Å². The van der Waals surface area contributed by atoms with Crippen LogP contribution in [0, 0.1) is 6.92 Å². The number of anilines is 1. The highest BCUT2D eigenvalue weighted by Crippen LogP contribution is 2.16. The van der Waals surface area contributed by atoms with Crippen LogP contribution in [-0.4, -0.2) is 46.1 Å². The Morgan fingerprint density at radius 1 is 1.69 bits per heavy atom. The van der Waals surface area contributed by atoms with Gasteiger partial charge in [-0.15, -0.1) is 0 Å². The molecule has 16 heavy (non-hydrogen) atoms. The zero-order valence-corrected chi connectivity index (χ0v) is 10.9. The minimum Gasteiger partial charge on any atom is -0.382 e. The predicted octanol–water partition coefficient (Wildman–Crippen LogP) is 1.12. The van der Waals surface area contributed by atoms with E-state index < -0.39 is 0 Å². The predicted molar refractivity (Wildman–Crippen MR) is 67.7 cm³/mol. The van der Waals surface area contributed by atoms with Crippen molar-refractivity contribution in [3.05, 3.63) is 11.3 Å². The van der Waals surface area contributed by atoms with E-state index in [0.29, 0.717) is 11.3 Å². The molecule has 1 rings (SSSR count). The Bertz CT molecular complexity index is 357. The first-order valence-corrected chi connectivity index (χ1v) is 6.45. The Kier molecular flexibility index (Phi) is 4.23. The molecule has 0 aliphatic carbocycles. The smallest absolute Gasteiger partial charge is 0.259 e. The van der Waals surface area contributed by atoms with E-state index in [1.54, 1.807) is 30.6 Å². The molecule has 6 heteroatoms. The molecule has 90 valence electrons. The lowest BCUT2D eigenvalue weighted by Gasteiger charge is -2.24. The van der Waals surface area contributed by atoms with E-state index in [1.807, 2.05) is 13.2 Å². The quantitative estimate of drug-likeness (QED) is 0.829. The molecule has 1 heterocycles. The van der Waals surface area contributed by atoms with Crippen LogP contribution in [0.3, 0.4) is 0 Å². The van der Waals surface area contributed by atoms with Gasteiger partial charge in [0.25, 0.3) is 5.91 Å². The maximum atomic E-state index is 12.1. The number of aromatic amines is 1. The summed E-state index contributed by atoms with van der Waals surface area (Å²) >= 11 is 1.71. The van der Waals surface area contributed by atoms with Crippen LogP contribution in [0.15, 0.2) is 0 Å². The third kappa shape index (κ3) is 2.49. The van der Waals surface area contributed by atoms with E-state index in [0.717, 1.165) is 5.75 Å². The molecule has 0 fully saturated rings. The lowest BCUT2D eigenvalue weighted by molar-refractivity contribution is 0.0758. The maximum Gasteiger partial charge on any atom is 0.259 e. The number of nitrogens with one attached hydrogen (secondary N) is 1. The molecule has 0 saturated carbocycles. The van der Waals surface area contributed by atoms with Crippen LogP contribution in [0.4, 0.5) is 5.82 Å². The first kappa shape index (κ1) is 12.9. The van der Waals surface area contributed by atoms with Gasteiger partial charge in [-0.2, -0.15) is 16.9 Å². The number of rotatable bonds is 4. The van der Waals surface area contributed by atoms with E-state index in [4.69, 9.17) is 5.73 Å². The number of aromatic nitrogens is 2. The third-order valence-electron chi connectivity index (χ3n) is 2.58. The second-order valence-electron chi connectivity index (χ2n) is 3.83. The van der Waals surface area contributed by atoms with E-state index in [2.05, 4.69) is 10.2 Å². The monoisotopic (exact) mass is 242 g/mol. The largest absolute Gasteiger partial charge is 0.382 e. The SMILES string of the molecule is CSCC(C)N(C)C(=O)c1c(N)n[nH]c1C. The van der Waals surface area contributed by atoms with Crippen molar-refractivity contribution in [2.24, 2.45) is 0 Å². The molecule has 0 aromatic carbocycles. The fraction of sp³-hybridized carbons (Fsp3) is 0.600. The highest BCUT2D eigenvalue weighted by atomic mass is 32.2. The highest BCUT2D eigenvalue weighted by molar-refractivity contribution is 7.98. The summed E-state index contributed by atoms with van der Waals surface area (Å²) in [6.45, 7) is 3.81. The molecule has 1 atom stereocenters. The average Bonchev–Trinajstić information content (AvgIpc) is 2.57. The van der Waals surface area contributed by atoms with E-state index in [-0.39, 0.29) is 17.8 Å². The summed E-state index contributed by atoms with van der Waals surface area (Å²) in [5.74, 6) is 1.09. The van der Waals surface area contributed by atoms with Crippen molar-refractivity contribution in [1.29, 1.82) is 0 Å². The highest BCUT2D eigenvalue weighted by Gasteiger charge is 2.22. The van der Waals surface area contributed by atoms with Gasteiger partial charge in [0, 0.05) is 24.5 Å². The van der Waals surface area contributed by atoms with Crippen molar-refractivity contribution in [3.8, 4) is 0 Å². The second kappa shape index (κ2) is 5.25. The van der Waals surface area contributed by atoms with Crippen LogP contribution in [0.25, 0.3) is 0 Å². The normalized spacial score (nSPS) is 12.5. The molecule has 0 saturated heterocycles. The van der Waals surface area contributed by atoms with Gasteiger partial charge in [0.05, 0.1) is 0 Å². The van der Waals surface area contributed by atoms with Gasteiger partial charge in [0.1, 0.15) is 5.56 Å². The number of hydrogen-bond donors (Lipinski definition) is 2. The molecule has 3 N–H and O–H groups in total. The van der Waals surface area contributed by atoms with Crippen LogP contribution in [0.5, 0.6) is 0 Å². The zero-order chi connectivity index (χ0) is 12.3. The van der Waals surface area contributed by atoms with Crippen LogP contribution >= 0.6 is 11.8 Å². The number of hydrogen-bond acceptors (Lipinski definition) is 4. The van der Waals surface area contributed by atoms with E-state index in [1.165, 1.54) is 0 Å². The van der Waals surface area contributed by atoms with Crippen LogP contribution in [0.2, 0.25) is 0 Å². The molecule has 1 unspecified atom stereocenters. The van der Waals surface area contributed by atoms with Crippen molar-refractivity contribution >= 4 is 23.5 Å². The standard InChI is InChI=1S/C10H18N4OS/c1-6(5-16-4)14(3)10(15)8-7(2)12-13-9(8)11/h6H,5H2,1-4H3,(H3,11,12,13). The zero-order valence-electron chi connectivity index (χ0n) is 10.1. The topological polar surface area (TPSA) is 75.0 Å². The number of amides is 1. The fourth-order valence-corrected chi connectivity index (χ4v) is 2.15. The van der Waals surface area contributed by atoms with Crippen LogP contribution in [-0.2, 0) is 0 Å². The van der Waals surface area contributed by atoms with Gasteiger partial charge >= 0.3 is 0 Å². The summed E-state index contributed by atoms with van der Waals surface area (Å²) in [5, 5.41) is 6.54. The van der Waals surface area contributed by atoms with Gasteiger partial charge in [-0.05, 0) is 20.1 Å². The number of nitrogens with two attached hydrogens (primary N) is 1. The van der Waals surface area contributed by atoms with Crippen molar-refractivity contribution in [2.45, 2.75) is 19.9 Å². The number of carbonyl (C=O) groups excluding carboxylic acids is 1. The number of nitrogen functional groups attached to an aromatic ring is 1. The van der Waals surface area contributed by atoms with Gasteiger partial charge in [-0.1, -0.05) is 0 Å². The minimum absolute atomic E-state index is 0.0784. The van der Waals surface area contributed by atoms with Crippen molar-refractivity contribution in [2.75, 3.05) is 24.8 Å². The number of H-pyrrole nitrogens is 1. The molecular formula is C10H18N4OS. The van der Waals surface area contributed by atoms with Crippen LogP contribution < -0.4 is 5.73 Å². The maximum absolute atomic E-state index is 12.1. The lowest BCUT2D eigenvalue weighted by Crippen LogP contribution is -2.37. The summed E-state index contributed by atoms with van der Waals surface area (Å²) in [7, 11) is 1.79. The molecule has 5 nitrogen and oxygen atoms in total. The molecule has 0 aliphatic heterocycles. The molecule has 1 aromatic rings. The third-order valence-corrected chi connectivity index (χ3v) is 3.39. The van der Waals surface area contributed by atoms with Crippen molar-refractivity contribution in [3.63, 3.8) is 0 Å². The first-order valence-electron chi connectivity index (χ1n) is 5.05. The number of nitrogens with zero attached hydrogens (tertiary/aromatic N) is 2. The minimum atomic E-state index is -0.0784.